The van der Waals surface area contributed by atoms with E-state index in [0.717, 1.165) is 19.3 Å². The lowest BCUT2D eigenvalue weighted by molar-refractivity contribution is -0.872. The minimum atomic E-state index is -4.22. The normalized spacial score (nSPS) is 15.3. The molecule has 9 nitrogen and oxygen atoms in total. The average Bonchev–Trinajstić information content (AvgIpc) is 2.82. The molecule has 2 unspecified atom stereocenters. The van der Waals surface area contributed by atoms with Crippen LogP contribution in [0.3, 0.4) is 0 Å². The lowest BCUT2D eigenvalue weighted by atomic mass is 10.0. The first-order valence-corrected chi connectivity index (χ1v) is 16.1. The van der Waals surface area contributed by atoms with Gasteiger partial charge in [-0.2, -0.15) is 0 Å². The Morgan fingerprint density at radius 2 is 1.24 bits per heavy atom. The Kier molecular flexibility index (Phi) is 21.7. The van der Waals surface area contributed by atoms with Crippen molar-refractivity contribution in [2.75, 3.05) is 47.5 Å². The van der Waals surface area contributed by atoms with Gasteiger partial charge in [0.05, 0.1) is 34.4 Å². The molecular weight excluding hydrogens is 497 g/mol. The molecule has 0 saturated carbocycles. The SMILES string of the molecule is CCCCCCCCCCCCCCCCCCOC(C[N+](C)(C)C)P(=O)(O)OC[C@@H](CO)OC(=O)O. The molecule has 0 aliphatic rings. The van der Waals surface area contributed by atoms with Crippen LogP contribution in [0.2, 0.25) is 0 Å². The zero-order valence-electron chi connectivity index (χ0n) is 24.1. The molecule has 0 fully saturated rings. The molecule has 222 valence electrons. The highest BCUT2D eigenvalue weighted by Gasteiger charge is 2.38. The monoisotopic (exact) mass is 554 g/mol. The Morgan fingerprint density at radius 1 is 0.811 bits per heavy atom. The van der Waals surface area contributed by atoms with Crippen LogP contribution in [0.4, 0.5) is 4.79 Å². The molecule has 0 aromatic rings. The van der Waals surface area contributed by atoms with E-state index in [0.29, 0.717) is 11.1 Å². The largest absolute Gasteiger partial charge is 0.506 e. The molecule has 0 aliphatic carbocycles. The first-order chi connectivity index (χ1) is 17.5. The van der Waals surface area contributed by atoms with Crippen LogP contribution in [0, 0.1) is 0 Å². The highest BCUT2D eigenvalue weighted by atomic mass is 31.2. The van der Waals surface area contributed by atoms with Crippen molar-refractivity contribution in [3.63, 3.8) is 0 Å². The number of unbranched alkanes of at least 4 members (excludes halogenated alkanes) is 15. The van der Waals surface area contributed by atoms with Gasteiger partial charge in [-0.1, -0.05) is 103 Å². The summed E-state index contributed by atoms with van der Waals surface area (Å²) in [5.41, 5.74) is 0. The zero-order chi connectivity index (χ0) is 28.0. The molecule has 37 heavy (non-hydrogen) atoms. The summed E-state index contributed by atoms with van der Waals surface area (Å²) in [6, 6.07) is 0. The Morgan fingerprint density at radius 3 is 1.62 bits per heavy atom. The lowest BCUT2D eigenvalue weighted by Crippen LogP contribution is -2.43. The fourth-order valence-corrected chi connectivity index (χ4v) is 5.66. The fourth-order valence-electron chi connectivity index (χ4n) is 4.13. The van der Waals surface area contributed by atoms with E-state index in [-0.39, 0.29) is 6.54 Å². The maximum atomic E-state index is 12.8. The summed E-state index contributed by atoms with van der Waals surface area (Å²) < 4.78 is 28.5. The molecule has 0 heterocycles. The van der Waals surface area contributed by atoms with Gasteiger partial charge in [0.25, 0.3) is 0 Å². The van der Waals surface area contributed by atoms with Crippen LogP contribution >= 0.6 is 7.60 Å². The zero-order valence-corrected chi connectivity index (χ0v) is 25.0. The van der Waals surface area contributed by atoms with Gasteiger partial charge in [0, 0.05) is 6.61 Å². The minimum Gasteiger partial charge on any atom is -0.450 e. The van der Waals surface area contributed by atoms with E-state index in [1.807, 2.05) is 21.1 Å². The van der Waals surface area contributed by atoms with Crippen molar-refractivity contribution in [3.8, 4) is 0 Å². The smallest absolute Gasteiger partial charge is 0.450 e. The highest BCUT2D eigenvalue weighted by molar-refractivity contribution is 7.53. The van der Waals surface area contributed by atoms with Crippen molar-refractivity contribution < 1.29 is 42.9 Å². The molecule has 0 radical (unpaired) electrons. The minimum absolute atomic E-state index is 0.246. The van der Waals surface area contributed by atoms with Gasteiger partial charge in [0.1, 0.15) is 6.54 Å². The van der Waals surface area contributed by atoms with Crippen LogP contribution in [-0.2, 0) is 18.6 Å². The second-order valence-electron chi connectivity index (χ2n) is 11.1. The maximum Gasteiger partial charge on any atom is 0.506 e. The Labute approximate surface area is 226 Å². The van der Waals surface area contributed by atoms with Gasteiger partial charge in [-0.15, -0.1) is 0 Å². The Hall–Kier alpha value is -0.700. The van der Waals surface area contributed by atoms with Gasteiger partial charge in [-0.3, -0.25) is 4.57 Å². The number of rotatable bonds is 26. The van der Waals surface area contributed by atoms with Crippen molar-refractivity contribution in [2.45, 2.75) is 122 Å². The number of aliphatic hydroxyl groups is 1. The number of carboxylic acid groups (broad SMARTS) is 1. The summed E-state index contributed by atoms with van der Waals surface area (Å²) in [5, 5.41) is 17.9. The van der Waals surface area contributed by atoms with Crippen molar-refractivity contribution in [1.29, 1.82) is 0 Å². The number of likely N-dealkylation sites (N-methyl/N-ethyl adjacent to an activating group) is 1. The van der Waals surface area contributed by atoms with Gasteiger partial charge < -0.3 is 33.6 Å². The van der Waals surface area contributed by atoms with Gasteiger partial charge in [0.15, 0.2) is 6.10 Å². The van der Waals surface area contributed by atoms with E-state index in [2.05, 4.69) is 11.7 Å². The third-order valence-electron chi connectivity index (χ3n) is 6.29. The average molecular weight is 555 g/mol. The van der Waals surface area contributed by atoms with Gasteiger partial charge in [-0.25, -0.2) is 4.79 Å². The topological polar surface area (TPSA) is 123 Å². The van der Waals surface area contributed by atoms with Crippen molar-refractivity contribution in [1.82, 2.24) is 0 Å². The maximum absolute atomic E-state index is 12.8. The van der Waals surface area contributed by atoms with Gasteiger partial charge in [0.2, 0.25) is 5.85 Å². The molecular formula is C27H57NO8P+. The summed E-state index contributed by atoms with van der Waals surface area (Å²) in [7, 11) is 1.43. The van der Waals surface area contributed by atoms with E-state index in [1.54, 1.807) is 0 Å². The molecule has 0 saturated heterocycles. The number of carbonyl (C=O) groups is 1. The summed E-state index contributed by atoms with van der Waals surface area (Å²) in [6.07, 6.45) is 17.6. The van der Waals surface area contributed by atoms with E-state index >= 15 is 0 Å². The molecule has 0 rings (SSSR count). The molecule has 0 spiro atoms. The highest BCUT2D eigenvalue weighted by Crippen LogP contribution is 2.48. The fraction of sp³-hybridized carbons (Fsp3) is 0.963. The van der Waals surface area contributed by atoms with Crippen LogP contribution in [0.25, 0.3) is 0 Å². The van der Waals surface area contributed by atoms with E-state index in [1.165, 1.54) is 83.5 Å². The quantitative estimate of drug-likeness (QED) is 0.0476. The summed E-state index contributed by atoms with van der Waals surface area (Å²) in [6.45, 7) is 1.69. The predicted octanol–water partition coefficient (Wildman–Crippen LogP) is 6.55. The molecule has 0 aromatic carbocycles. The second kappa shape index (κ2) is 22.2. The Bertz CT molecular complexity index is 599. The molecule has 10 heteroatoms. The van der Waals surface area contributed by atoms with Gasteiger partial charge >= 0.3 is 13.8 Å². The molecule has 0 amide bonds. The van der Waals surface area contributed by atoms with Crippen LogP contribution in [0.5, 0.6) is 0 Å². The van der Waals surface area contributed by atoms with Crippen LogP contribution < -0.4 is 0 Å². The van der Waals surface area contributed by atoms with Crippen LogP contribution in [-0.4, -0.2) is 85.2 Å². The van der Waals surface area contributed by atoms with Crippen LogP contribution in [0.1, 0.15) is 110 Å². The number of aliphatic hydroxyl groups excluding tert-OH is 1. The predicted molar refractivity (Wildman–Crippen MR) is 148 cm³/mol. The first kappa shape index (κ1) is 36.3. The summed E-state index contributed by atoms with van der Waals surface area (Å²) >= 11 is 0. The van der Waals surface area contributed by atoms with E-state index in [4.69, 9.17) is 14.4 Å². The number of ether oxygens (including phenoxy) is 2. The molecule has 0 aromatic heterocycles. The molecule has 0 aliphatic heterocycles. The molecule has 3 atom stereocenters. The van der Waals surface area contributed by atoms with E-state index in [9.17, 15) is 19.4 Å². The third kappa shape index (κ3) is 22.9. The van der Waals surface area contributed by atoms with E-state index < -0.39 is 38.9 Å². The first-order valence-electron chi connectivity index (χ1n) is 14.4. The Balaban J connectivity index is 4.02. The lowest BCUT2D eigenvalue weighted by Gasteiger charge is -2.31. The molecule has 3 N–H and O–H groups in total. The number of nitrogens with zero attached hydrogens (tertiary/aromatic N) is 1. The summed E-state index contributed by atoms with van der Waals surface area (Å²) in [5.74, 6) is -1.05. The van der Waals surface area contributed by atoms with Gasteiger partial charge in [-0.05, 0) is 6.42 Å². The van der Waals surface area contributed by atoms with Crippen LogP contribution in [0.15, 0.2) is 0 Å². The molecule has 0 bridgehead atoms. The summed E-state index contributed by atoms with van der Waals surface area (Å²) in [4.78, 5) is 21.1. The number of hydrogen-bond donors (Lipinski definition) is 3. The van der Waals surface area contributed by atoms with Crippen molar-refractivity contribution >= 4 is 13.8 Å². The number of quaternary nitrogens is 1. The van der Waals surface area contributed by atoms with Crippen molar-refractivity contribution in [3.05, 3.63) is 0 Å². The van der Waals surface area contributed by atoms with Crippen molar-refractivity contribution in [2.24, 2.45) is 0 Å². The number of hydrogen-bond acceptors (Lipinski definition) is 6. The standard InChI is InChI=1S/C27H56NO8P/c1-5-6-7-8-9-10-11-12-13-14-15-16-17-18-19-20-21-34-26(22-28(2,3)4)37(32,33)35-24-25(23-29)36-27(30)31/h25-26,29H,5-24H2,1-4H3,(H-,30,31,32,33)/p+1/t25-,26?/m1/s1. The third-order valence-corrected chi connectivity index (χ3v) is 7.85. The second-order valence-corrected chi connectivity index (χ2v) is 13.1.